The lowest BCUT2D eigenvalue weighted by atomic mass is 10.1. The highest BCUT2D eigenvalue weighted by atomic mass is 19.4. The fourth-order valence-electron chi connectivity index (χ4n) is 3.78. The molecule has 0 N–H and O–H groups in total. The molecule has 1 aliphatic heterocycles. The molecule has 1 aliphatic rings. The van der Waals surface area contributed by atoms with Crippen molar-refractivity contribution in [1.82, 2.24) is 14.5 Å². The van der Waals surface area contributed by atoms with Gasteiger partial charge in [0.2, 0.25) is 0 Å². The van der Waals surface area contributed by atoms with Gasteiger partial charge in [-0.2, -0.15) is 18.2 Å². The predicted octanol–water partition coefficient (Wildman–Crippen LogP) is 3.89. The number of benzene rings is 2. The fraction of sp³-hybridized carbons (Fsp3) is 0.381. The number of fused-ring (bicyclic) bond motifs is 1. The van der Waals surface area contributed by atoms with Crippen LogP contribution in [0.3, 0.4) is 0 Å². The van der Waals surface area contributed by atoms with Crippen LogP contribution >= 0.6 is 0 Å². The zero-order valence-corrected chi connectivity index (χ0v) is 16.2. The second-order valence-corrected chi connectivity index (χ2v) is 7.12. The Hall–Kier alpha value is -2.74. The van der Waals surface area contributed by atoms with E-state index in [1.807, 2.05) is 29.2 Å². The first-order valence-corrected chi connectivity index (χ1v) is 9.59. The molecule has 0 saturated carbocycles. The summed E-state index contributed by atoms with van der Waals surface area (Å²) in [5.41, 5.74) is 1.96. The average molecular weight is 404 g/mol. The van der Waals surface area contributed by atoms with Gasteiger partial charge in [0.05, 0.1) is 23.7 Å². The van der Waals surface area contributed by atoms with Crippen molar-refractivity contribution in [3.8, 4) is 6.01 Å². The fourth-order valence-corrected chi connectivity index (χ4v) is 3.78. The molecule has 1 fully saturated rings. The average Bonchev–Trinajstić information content (AvgIpc) is 3.10. The molecule has 0 bridgehead atoms. The van der Waals surface area contributed by atoms with Crippen LogP contribution in [0.25, 0.3) is 11.0 Å². The number of rotatable bonds is 5. The monoisotopic (exact) mass is 404 g/mol. The lowest BCUT2D eigenvalue weighted by Crippen LogP contribution is -2.47. The Kier molecular flexibility index (Phi) is 5.36. The number of halogens is 3. The van der Waals surface area contributed by atoms with E-state index in [0.717, 1.165) is 43.3 Å². The van der Waals surface area contributed by atoms with Crippen LogP contribution < -0.4 is 9.64 Å². The first-order chi connectivity index (χ1) is 14.0. The van der Waals surface area contributed by atoms with Crippen LogP contribution in [0.15, 0.2) is 48.5 Å². The Labute approximate surface area is 167 Å². The van der Waals surface area contributed by atoms with Gasteiger partial charge in [0.25, 0.3) is 6.01 Å². The van der Waals surface area contributed by atoms with Gasteiger partial charge >= 0.3 is 6.18 Å². The minimum atomic E-state index is -4.32. The van der Waals surface area contributed by atoms with Crippen LogP contribution in [-0.4, -0.2) is 54.3 Å². The number of alkyl halides is 3. The van der Waals surface area contributed by atoms with Gasteiger partial charge in [-0.25, -0.2) is 0 Å². The molecule has 2 aromatic carbocycles. The number of hydrogen-bond donors (Lipinski definition) is 0. The lowest BCUT2D eigenvalue weighted by Gasteiger charge is -2.36. The molecule has 0 spiro atoms. The Bertz CT molecular complexity index is 977. The van der Waals surface area contributed by atoms with Crippen LogP contribution in [0, 0.1) is 0 Å². The van der Waals surface area contributed by atoms with Gasteiger partial charge in [-0.05, 0) is 30.3 Å². The predicted molar refractivity (Wildman–Crippen MR) is 106 cm³/mol. The lowest BCUT2D eigenvalue weighted by molar-refractivity contribution is -0.137. The van der Waals surface area contributed by atoms with E-state index >= 15 is 0 Å². The van der Waals surface area contributed by atoms with Crippen LogP contribution in [0.1, 0.15) is 5.56 Å². The normalized spacial score (nSPS) is 15.8. The number of anilines is 1. The second kappa shape index (κ2) is 7.94. The van der Waals surface area contributed by atoms with Gasteiger partial charge in [-0.1, -0.05) is 18.2 Å². The van der Waals surface area contributed by atoms with Gasteiger partial charge < -0.3 is 9.64 Å². The summed E-state index contributed by atoms with van der Waals surface area (Å²) in [5, 5.41) is 0. The highest BCUT2D eigenvalue weighted by molar-refractivity contribution is 5.76. The van der Waals surface area contributed by atoms with Crippen molar-refractivity contribution in [3.05, 3.63) is 54.1 Å². The number of piperazine rings is 1. The van der Waals surface area contributed by atoms with E-state index in [0.29, 0.717) is 24.8 Å². The first-order valence-electron chi connectivity index (χ1n) is 9.59. The molecule has 0 aliphatic carbocycles. The summed E-state index contributed by atoms with van der Waals surface area (Å²) >= 11 is 0. The molecule has 29 heavy (non-hydrogen) atoms. The Morgan fingerprint density at radius 2 is 1.72 bits per heavy atom. The number of hydrogen-bond acceptors (Lipinski definition) is 4. The van der Waals surface area contributed by atoms with Crippen molar-refractivity contribution in [2.45, 2.75) is 12.7 Å². The summed E-state index contributed by atoms with van der Waals surface area (Å²) < 4.78 is 46.4. The first kappa shape index (κ1) is 19.6. The quantitative estimate of drug-likeness (QED) is 0.646. The molecule has 154 valence electrons. The number of methoxy groups -OCH3 is 1. The highest BCUT2D eigenvalue weighted by Crippen LogP contribution is 2.32. The summed E-state index contributed by atoms with van der Waals surface area (Å²) in [5.74, 6) is 0. The van der Waals surface area contributed by atoms with Crippen molar-refractivity contribution < 1.29 is 17.9 Å². The molecule has 0 unspecified atom stereocenters. The Morgan fingerprint density at radius 1 is 0.966 bits per heavy atom. The standard InChI is InChI=1S/C21H23F3N4O/c1-29-20-25-18-7-2-3-8-19(18)28(20)14-11-26-9-12-27(13-10-26)17-6-4-5-16(15-17)21(22,23)24/h2-8,15H,9-14H2,1H3. The molecule has 8 heteroatoms. The Morgan fingerprint density at radius 3 is 2.45 bits per heavy atom. The maximum absolute atomic E-state index is 13.0. The van der Waals surface area contributed by atoms with E-state index in [-0.39, 0.29) is 0 Å². The summed E-state index contributed by atoms with van der Waals surface area (Å²) in [6.45, 7) is 4.56. The maximum Gasteiger partial charge on any atom is 0.416 e. The molecule has 3 aromatic rings. The summed E-state index contributed by atoms with van der Waals surface area (Å²) in [7, 11) is 1.62. The third-order valence-corrected chi connectivity index (χ3v) is 5.35. The van der Waals surface area contributed by atoms with Crippen molar-refractivity contribution in [3.63, 3.8) is 0 Å². The molecule has 4 rings (SSSR count). The van der Waals surface area contributed by atoms with E-state index in [1.54, 1.807) is 13.2 Å². The largest absolute Gasteiger partial charge is 0.468 e. The van der Waals surface area contributed by atoms with Crippen LogP contribution in [0.5, 0.6) is 6.01 Å². The van der Waals surface area contributed by atoms with Crippen LogP contribution in [0.4, 0.5) is 18.9 Å². The molecule has 1 aromatic heterocycles. The molecule has 0 atom stereocenters. The molecule has 5 nitrogen and oxygen atoms in total. The molecule has 0 radical (unpaired) electrons. The zero-order valence-electron chi connectivity index (χ0n) is 16.2. The minimum Gasteiger partial charge on any atom is -0.468 e. The topological polar surface area (TPSA) is 33.5 Å². The molecule has 1 saturated heterocycles. The molecular formula is C21H23F3N4O. The molecule has 2 heterocycles. The third kappa shape index (κ3) is 4.17. The van der Waals surface area contributed by atoms with Crippen LogP contribution in [-0.2, 0) is 12.7 Å². The molecular weight excluding hydrogens is 381 g/mol. The van der Waals surface area contributed by atoms with Crippen molar-refractivity contribution in [2.75, 3.05) is 44.7 Å². The number of aromatic nitrogens is 2. The minimum absolute atomic E-state index is 0.591. The van der Waals surface area contributed by atoms with Gasteiger partial charge in [-0.15, -0.1) is 0 Å². The van der Waals surface area contributed by atoms with Crippen molar-refractivity contribution >= 4 is 16.7 Å². The van der Waals surface area contributed by atoms with Crippen molar-refractivity contribution in [1.29, 1.82) is 0 Å². The van der Waals surface area contributed by atoms with Crippen molar-refractivity contribution in [2.24, 2.45) is 0 Å². The second-order valence-electron chi connectivity index (χ2n) is 7.12. The van der Waals surface area contributed by atoms with Gasteiger partial charge in [0.1, 0.15) is 0 Å². The molecule has 0 amide bonds. The SMILES string of the molecule is COc1nc2ccccc2n1CCN1CCN(c2cccc(C(F)(F)F)c2)CC1. The van der Waals surface area contributed by atoms with E-state index in [2.05, 4.69) is 14.5 Å². The maximum atomic E-state index is 13.0. The van der Waals surface area contributed by atoms with Gasteiger partial charge in [0, 0.05) is 45.0 Å². The summed E-state index contributed by atoms with van der Waals surface area (Å²) in [6.07, 6.45) is -4.32. The number of para-hydroxylation sites is 2. The van der Waals surface area contributed by atoms with Crippen LogP contribution in [0.2, 0.25) is 0 Å². The summed E-state index contributed by atoms with van der Waals surface area (Å²) in [4.78, 5) is 8.83. The van der Waals surface area contributed by atoms with E-state index in [4.69, 9.17) is 4.74 Å². The zero-order chi connectivity index (χ0) is 20.4. The summed E-state index contributed by atoms with van der Waals surface area (Å²) in [6, 6.07) is 14.1. The van der Waals surface area contributed by atoms with E-state index in [1.165, 1.54) is 12.1 Å². The van der Waals surface area contributed by atoms with E-state index < -0.39 is 11.7 Å². The third-order valence-electron chi connectivity index (χ3n) is 5.35. The number of imidazole rings is 1. The van der Waals surface area contributed by atoms with E-state index in [9.17, 15) is 13.2 Å². The number of nitrogens with zero attached hydrogens (tertiary/aromatic N) is 4. The smallest absolute Gasteiger partial charge is 0.416 e. The number of ether oxygens (including phenoxy) is 1. The Balaban J connectivity index is 1.38. The van der Waals surface area contributed by atoms with Gasteiger partial charge in [0.15, 0.2) is 0 Å². The highest BCUT2D eigenvalue weighted by Gasteiger charge is 2.31. The van der Waals surface area contributed by atoms with Gasteiger partial charge in [-0.3, -0.25) is 9.47 Å².